The summed E-state index contributed by atoms with van der Waals surface area (Å²) in [7, 11) is -0.493. The van der Waals surface area contributed by atoms with Gasteiger partial charge in [0.25, 0.3) is 0 Å². The molecule has 4 atom stereocenters. The molecule has 20 heavy (non-hydrogen) atoms. The van der Waals surface area contributed by atoms with E-state index in [9.17, 15) is 0 Å². The first-order valence-corrected chi connectivity index (χ1v) is 10.1. The molecule has 4 saturated heterocycles. The molecule has 0 aliphatic carbocycles. The molecule has 5 aliphatic rings. The van der Waals surface area contributed by atoms with Gasteiger partial charge in [0.1, 0.15) is 0 Å². The number of fused-ring (bicyclic) bond motifs is 1. The van der Waals surface area contributed by atoms with Gasteiger partial charge in [0, 0.05) is 17.7 Å². The van der Waals surface area contributed by atoms with E-state index < -0.39 is 0 Å². The van der Waals surface area contributed by atoms with Gasteiger partial charge in [-0.25, -0.2) is 0 Å². The van der Waals surface area contributed by atoms with Gasteiger partial charge in [0.2, 0.25) is 0 Å². The summed E-state index contributed by atoms with van der Waals surface area (Å²) in [5, 5.41) is 3.20. The van der Waals surface area contributed by atoms with Gasteiger partial charge in [0.15, 0.2) is 5.79 Å². The topological polar surface area (TPSA) is 18.5 Å². The van der Waals surface area contributed by atoms with Gasteiger partial charge in [-0.05, 0) is 47.2 Å². The predicted molar refractivity (Wildman–Crippen MR) is 84.6 cm³/mol. The highest BCUT2D eigenvalue weighted by molar-refractivity contribution is 7.91. The Bertz CT molecular complexity index is 600. The molecular formula is C16H20O2P2. The average molecular weight is 306 g/mol. The van der Waals surface area contributed by atoms with Crippen LogP contribution in [-0.2, 0) is 9.47 Å². The van der Waals surface area contributed by atoms with Crippen molar-refractivity contribution >= 4 is 26.5 Å². The number of benzene rings is 1. The van der Waals surface area contributed by atoms with Gasteiger partial charge in [-0.3, -0.25) is 0 Å². The van der Waals surface area contributed by atoms with Crippen LogP contribution in [-0.4, -0.2) is 21.4 Å². The Morgan fingerprint density at radius 2 is 1.35 bits per heavy atom. The second-order valence-corrected chi connectivity index (χ2v) is 13.9. The van der Waals surface area contributed by atoms with E-state index in [0.29, 0.717) is 4.90 Å². The number of hydrogen-bond acceptors (Lipinski definition) is 2. The van der Waals surface area contributed by atoms with Crippen LogP contribution in [0, 0.1) is 0 Å². The molecule has 6 bridgehead atoms. The van der Waals surface area contributed by atoms with Crippen molar-refractivity contribution < 1.29 is 9.47 Å². The van der Waals surface area contributed by atoms with Crippen LogP contribution in [0.1, 0.15) is 40.5 Å². The van der Waals surface area contributed by atoms with Crippen LogP contribution in [0.5, 0.6) is 0 Å². The smallest absolute Gasteiger partial charge is 0.169 e. The molecule has 6 rings (SSSR count). The van der Waals surface area contributed by atoms with Crippen molar-refractivity contribution in [2.24, 2.45) is 0 Å². The minimum atomic E-state index is -0.365. The van der Waals surface area contributed by atoms with Gasteiger partial charge in [-0.2, -0.15) is 0 Å². The number of ether oxygens (including phenoxy) is 2. The molecule has 0 radical (unpaired) electrons. The second-order valence-electron chi connectivity index (χ2n) is 7.42. The molecule has 106 valence electrons. The summed E-state index contributed by atoms with van der Waals surface area (Å²) in [5.41, 5.74) is 0. The van der Waals surface area contributed by atoms with Crippen molar-refractivity contribution in [2.45, 2.75) is 61.9 Å². The highest BCUT2D eigenvalue weighted by Gasteiger charge is 2.77. The van der Waals surface area contributed by atoms with Crippen molar-refractivity contribution in [3.8, 4) is 0 Å². The fourth-order valence-electron chi connectivity index (χ4n) is 5.71. The largest absolute Gasteiger partial charge is 0.339 e. The Balaban J connectivity index is 1.87. The van der Waals surface area contributed by atoms with Gasteiger partial charge in [0.05, 0.1) is 10.7 Å². The number of hydrogen-bond donors (Lipinski definition) is 0. The van der Waals surface area contributed by atoms with Crippen LogP contribution in [0.2, 0.25) is 0 Å². The third-order valence-electron chi connectivity index (χ3n) is 5.46. The van der Waals surface area contributed by atoms with E-state index in [1.807, 2.05) is 0 Å². The maximum Gasteiger partial charge on any atom is 0.169 e. The van der Waals surface area contributed by atoms with E-state index in [1.165, 1.54) is 0 Å². The van der Waals surface area contributed by atoms with Gasteiger partial charge >= 0.3 is 0 Å². The van der Waals surface area contributed by atoms with Crippen LogP contribution >= 0.6 is 15.8 Å². The van der Waals surface area contributed by atoms with Crippen LogP contribution in [0.4, 0.5) is 0 Å². The molecule has 1 aromatic carbocycles. The van der Waals surface area contributed by atoms with Crippen LogP contribution < -0.4 is 10.6 Å². The lowest BCUT2D eigenvalue weighted by Crippen LogP contribution is -2.67. The first-order chi connectivity index (χ1) is 9.30. The fraction of sp³-hybridized carbons (Fsp3) is 0.625. The summed E-state index contributed by atoms with van der Waals surface area (Å²) in [4.78, 5) is 0.404. The lowest BCUT2D eigenvalue weighted by Gasteiger charge is -2.70. The van der Waals surface area contributed by atoms with Crippen LogP contribution in [0.25, 0.3) is 0 Å². The van der Waals surface area contributed by atoms with Gasteiger partial charge in [-0.1, -0.05) is 31.2 Å². The monoisotopic (exact) mass is 306 g/mol. The van der Waals surface area contributed by atoms with Gasteiger partial charge in [-0.15, -0.1) is 0 Å². The van der Waals surface area contributed by atoms with E-state index in [2.05, 4.69) is 52.0 Å². The zero-order valence-electron chi connectivity index (χ0n) is 12.4. The Labute approximate surface area is 122 Å². The highest BCUT2D eigenvalue weighted by atomic mass is 31.2. The minimum Gasteiger partial charge on any atom is -0.339 e. The first kappa shape index (κ1) is 12.5. The van der Waals surface area contributed by atoms with Gasteiger partial charge < -0.3 is 9.47 Å². The zero-order valence-corrected chi connectivity index (χ0v) is 14.2. The highest BCUT2D eigenvalue weighted by Crippen LogP contribution is 2.91. The molecule has 0 saturated carbocycles. The van der Waals surface area contributed by atoms with Crippen molar-refractivity contribution in [1.82, 2.24) is 0 Å². The van der Waals surface area contributed by atoms with Crippen molar-refractivity contribution in [3.05, 3.63) is 24.3 Å². The molecule has 2 nitrogen and oxygen atoms in total. The maximum absolute atomic E-state index is 6.53. The van der Waals surface area contributed by atoms with E-state index >= 15 is 0 Å². The molecule has 4 heteroatoms. The van der Waals surface area contributed by atoms with E-state index in [0.717, 1.165) is 12.8 Å². The summed E-state index contributed by atoms with van der Waals surface area (Å²) in [6.45, 7) is 9.40. The van der Waals surface area contributed by atoms with E-state index in [-0.39, 0.29) is 32.3 Å². The third kappa shape index (κ3) is 1.16. The number of rotatable bonds is 0. The van der Waals surface area contributed by atoms with Crippen molar-refractivity contribution in [2.75, 3.05) is 0 Å². The predicted octanol–water partition coefficient (Wildman–Crippen LogP) is 3.63. The summed E-state index contributed by atoms with van der Waals surface area (Å²) in [6, 6.07) is 9.14. The Kier molecular flexibility index (Phi) is 1.99. The Morgan fingerprint density at radius 3 is 1.85 bits per heavy atom. The average Bonchev–Trinajstić information content (AvgIpc) is 2.49. The van der Waals surface area contributed by atoms with Crippen molar-refractivity contribution in [3.63, 3.8) is 0 Å². The zero-order chi connectivity index (χ0) is 14.0. The quantitative estimate of drug-likeness (QED) is 0.681. The lowest BCUT2D eigenvalue weighted by atomic mass is 10.0. The molecular weight excluding hydrogens is 286 g/mol. The molecule has 4 fully saturated rings. The van der Waals surface area contributed by atoms with Crippen LogP contribution in [0.3, 0.4) is 0 Å². The summed E-state index contributed by atoms with van der Waals surface area (Å²) in [6.07, 6.45) is 2.13. The third-order valence-corrected chi connectivity index (χ3v) is 13.2. The molecule has 0 N–H and O–H groups in total. The maximum atomic E-state index is 6.53. The fourth-order valence-corrected chi connectivity index (χ4v) is 16.7. The molecule has 1 aromatic rings. The lowest BCUT2D eigenvalue weighted by molar-refractivity contribution is -0.340. The SMILES string of the molecule is CC12CC3(C)P4c5ccccc5P3C(C)(CC4(C)O1)O2. The van der Waals surface area contributed by atoms with E-state index in [1.54, 1.807) is 10.6 Å². The standard InChI is InChI=1S/C16H20O2P2/c1-13-9-16(4)19-11-7-5-6-8-12(11)20(16)15(3,18-13)10-14(19,2)17-13/h5-8H,9-10H2,1-4H3. The Hall–Kier alpha value is -0.0000000000000000416. The van der Waals surface area contributed by atoms with Crippen LogP contribution in [0.15, 0.2) is 24.3 Å². The molecule has 5 aliphatic heterocycles. The summed E-state index contributed by atoms with van der Waals surface area (Å²) >= 11 is 0. The molecule has 5 heterocycles. The molecule has 0 aromatic heterocycles. The molecule has 4 unspecified atom stereocenters. The molecule has 0 amide bonds. The van der Waals surface area contributed by atoms with Crippen molar-refractivity contribution in [1.29, 1.82) is 0 Å². The minimum absolute atomic E-state index is 0.00444. The normalized spacial score (nSPS) is 58.0. The first-order valence-electron chi connectivity index (χ1n) is 7.40. The Morgan fingerprint density at radius 1 is 0.850 bits per heavy atom. The summed E-state index contributed by atoms with van der Waals surface area (Å²) in [5.74, 6) is -0.365. The second kappa shape index (κ2) is 3.18. The molecule has 0 spiro atoms. The summed E-state index contributed by atoms with van der Waals surface area (Å²) < 4.78 is 13.1. The van der Waals surface area contributed by atoms with E-state index in [4.69, 9.17) is 9.47 Å².